The van der Waals surface area contributed by atoms with Crippen molar-refractivity contribution in [2.45, 2.75) is 63.1 Å². The number of benzene rings is 2. The monoisotopic (exact) mass is 506 g/mol. The first-order chi connectivity index (χ1) is 17.8. The molecule has 1 saturated carbocycles. The fourth-order valence-corrected chi connectivity index (χ4v) is 6.16. The van der Waals surface area contributed by atoms with Gasteiger partial charge < -0.3 is 19.9 Å². The van der Waals surface area contributed by atoms with Gasteiger partial charge in [0.2, 0.25) is 5.91 Å². The van der Waals surface area contributed by atoms with Crippen LogP contribution in [-0.2, 0) is 16.9 Å². The van der Waals surface area contributed by atoms with Crippen molar-refractivity contribution in [3.8, 4) is 5.75 Å². The zero-order valence-corrected chi connectivity index (χ0v) is 22.8. The number of nitrogens with zero attached hydrogens (tertiary/aromatic N) is 3. The van der Waals surface area contributed by atoms with E-state index in [1.165, 1.54) is 5.56 Å². The van der Waals surface area contributed by atoms with Gasteiger partial charge in [0, 0.05) is 38.1 Å². The predicted molar refractivity (Wildman–Crippen MR) is 146 cm³/mol. The summed E-state index contributed by atoms with van der Waals surface area (Å²) >= 11 is 0. The minimum atomic E-state index is -0.261. The summed E-state index contributed by atoms with van der Waals surface area (Å²) in [5.74, 6) is 0.821. The number of ether oxygens (including phenoxy) is 1. The maximum Gasteiger partial charge on any atom is 0.320 e. The second kappa shape index (κ2) is 11.5. The molecule has 200 valence electrons. The number of methoxy groups -OCH3 is 1. The van der Waals surface area contributed by atoms with Gasteiger partial charge >= 0.3 is 6.03 Å². The molecule has 2 aromatic carbocycles. The lowest BCUT2D eigenvalue weighted by Crippen LogP contribution is -2.55. The zero-order valence-electron chi connectivity index (χ0n) is 22.8. The molecule has 1 saturated heterocycles. The van der Waals surface area contributed by atoms with E-state index < -0.39 is 0 Å². The topological polar surface area (TPSA) is 65.1 Å². The first-order valence-electron chi connectivity index (χ1n) is 13.5. The van der Waals surface area contributed by atoms with Crippen LogP contribution in [0.4, 0.5) is 4.79 Å². The van der Waals surface area contributed by atoms with Crippen molar-refractivity contribution in [2.24, 2.45) is 0 Å². The predicted octanol–water partition coefficient (Wildman–Crippen LogP) is 4.62. The van der Waals surface area contributed by atoms with E-state index in [-0.39, 0.29) is 23.0 Å². The van der Waals surface area contributed by atoms with Gasteiger partial charge in [-0.1, -0.05) is 49.4 Å². The van der Waals surface area contributed by atoms with Gasteiger partial charge in [-0.05, 0) is 69.5 Å². The second-order valence-electron chi connectivity index (χ2n) is 10.8. The van der Waals surface area contributed by atoms with Gasteiger partial charge in [0.25, 0.3) is 0 Å². The van der Waals surface area contributed by atoms with Crippen molar-refractivity contribution in [1.29, 1.82) is 0 Å². The van der Waals surface area contributed by atoms with Crippen LogP contribution in [0, 0.1) is 0 Å². The average molecular weight is 507 g/mol. The number of carbonyl (C=O) groups excluding carboxylic acids is 2. The lowest BCUT2D eigenvalue weighted by molar-refractivity contribution is -0.121. The molecule has 0 unspecified atom stereocenters. The second-order valence-corrected chi connectivity index (χ2v) is 10.8. The maximum absolute atomic E-state index is 13.8. The molecule has 0 radical (unpaired) electrons. The molecule has 1 heterocycles. The van der Waals surface area contributed by atoms with Crippen LogP contribution in [-0.4, -0.2) is 73.0 Å². The first-order valence-corrected chi connectivity index (χ1v) is 13.5. The Bertz CT molecular complexity index is 1050. The molecule has 0 aromatic heterocycles. The van der Waals surface area contributed by atoms with Crippen molar-refractivity contribution in [1.82, 2.24) is 20.0 Å². The molecule has 1 aliphatic carbocycles. The van der Waals surface area contributed by atoms with E-state index in [1.807, 2.05) is 41.0 Å². The molecule has 3 amide bonds. The number of nitrogens with one attached hydrogen (secondary N) is 1. The van der Waals surface area contributed by atoms with Crippen LogP contribution in [0.15, 0.2) is 54.6 Å². The third kappa shape index (κ3) is 5.61. The van der Waals surface area contributed by atoms with Gasteiger partial charge in [-0.15, -0.1) is 0 Å². The summed E-state index contributed by atoms with van der Waals surface area (Å²) in [7, 11) is 5.98. The molecule has 1 aliphatic heterocycles. The largest absolute Gasteiger partial charge is 0.497 e. The zero-order chi connectivity index (χ0) is 26.5. The summed E-state index contributed by atoms with van der Waals surface area (Å²) < 4.78 is 5.29. The summed E-state index contributed by atoms with van der Waals surface area (Å²) in [6.45, 7) is 4.41. The summed E-state index contributed by atoms with van der Waals surface area (Å²) in [5.41, 5.74) is 2.10. The summed E-state index contributed by atoms with van der Waals surface area (Å²) in [4.78, 5) is 32.6. The van der Waals surface area contributed by atoms with E-state index in [1.54, 1.807) is 7.11 Å². The van der Waals surface area contributed by atoms with Crippen LogP contribution >= 0.6 is 0 Å². The Labute approximate surface area is 221 Å². The third-order valence-electron chi connectivity index (χ3n) is 8.40. The standard InChI is InChI=1S/C30H42N4O3/c1-5-20-31-27(35)15-21-34-28(36)33(22-24-11-13-26(37-4)14-12-24)23-29(34)16-18-30(19-17-29,32(2)3)25-9-7-6-8-10-25/h6-14H,5,15-23H2,1-4H3,(H,31,35). The molecule has 0 atom stereocenters. The number of urea groups is 1. The van der Waals surface area contributed by atoms with Gasteiger partial charge in [-0.25, -0.2) is 4.79 Å². The van der Waals surface area contributed by atoms with E-state index in [4.69, 9.17) is 4.74 Å². The molecule has 7 nitrogen and oxygen atoms in total. The smallest absolute Gasteiger partial charge is 0.320 e. The SMILES string of the molecule is CCCNC(=O)CCN1C(=O)N(Cc2ccc(OC)cc2)CC12CCC(c1ccccc1)(N(C)C)CC2. The highest BCUT2D eigenvalue weighted by atomic mass is 16.5. The van der Waals surface area contributed by atoms with E-state index >= 15 is 0 Å². The van der Waals surface area contributed by atoms with E-state index in [9.17, 15) is 9.59 Å². The number of amides is 3. The van der Waals surface area contributed by atoms with Crippen LogP contribution in [0.2, 0.25) is 0 Å². The lowest BCUT2D eigenvalue weighted by atomic mass is 9.68. The number of hydrogen-bond donors (Lipinski definition) is 1. The Morgan fingerprint density at radius 2 is 1.70 bits per heavy atom. The Hall–Kier alpha value is -3.06. The highest BCUT2D eigenvalue weighted by Gasteiger charge is 2.54. The molecule has 2 aliphatic rings. The van der Waals surface area contributed by atoms with Gasteiger partial charge in [0.15, 0.2) is 0 Å². The van der Waals surface area contributed by atoms with E-state index in [2.05, 4.69) is 54.6 Å². The molecular formula is C30H42N4O3. The summed E-state index contributed by atoms with van der Waals surface area (Å²) in [5, 5.41) is 2.96. The average Bonchev–Trinajstić information content (AvgIpc) is 3.17. The van der Waals surface area contributed by atoms with Crippen LogP contribution in [0.5, 0.6) is 5.75 Å². The van der Waals surface area contributed by atoms with Crippen molar-refractivity contribution in [2.75, 3.05) is 40.8 Å². The molecular weight excluding hydrogens is 464 g/mol. The summed E-state index contributed by atoms with van der Waals surface area (Å²) in [6.07, 6.45) is 4.98. The first kappa shape index (κ1) is 27.0. The number of carbonyl (C=O) groups is 2. The van der Waals surface area contributed by atoms with Gasteiger partial charge in [0.1, 0.15) is 5.75 Å². The fourth-order valence-electron chi connectivity index (χ4n) is 6.16. The Balaban J connectivity index is 1.56. The van der Waals surface area contributed by atoms with Crippen LogP contribution < -0.4 is 10.1 Å². The Morgan fingerprint density at radius 3 is 2.30 bits per heavy atom. The normalized spacial score (nSPS) is 23.6. The minimum absolute atomic E-state index is 0.0149. The van der Waals surface area contributed by atoms with E-state index in [0.29, 0.717) is 32.6 Å². The molecule has 0 bridgehead atoms. The Kier molecular flexibility index (Phi) is 8.42. The Morgan fingerprint density at radius 1 is 1.03 bits per heavy atom. The van der Waals surface area contributed by atoms with Gasteiger partial charge in [-0.2, -0.15) is 0 Å². The number of rotatable bonds is 10. The highest BCUT2D eigenvalue weighted by Crippen LogP contribution is 2.49. The highest BCUT2D eigenvalue weighted by molar-refractivity contribution is 5.80. The molecule has 1 spiro atoms. The minimum Gasteiger partial charge on any atom is -0.497 e. The molecule has 1 N–H and O–H groups in total. The van der Waals surface area contributed by atoms with Crippen molar-refractivity contribution in [3.63, 3.8) is 0 Å². The maximum atomic E-state index is 13.8. The molecule has 2 fully saturated rings. The molecule has 37 heavy (non-hydrogen) atoms. The van der Waals surface area contributed by atoms with Crippen molar-refractivity contribution in [3.05, 3.63) is 65.7 Å². The molecule has 4 rings (SSSR count). The van der Waals surface area contributed by atoms with E-state index in [0.717, 1.165) is 43.4 Å². The lowest BCUT2D eigenvalue weighted by Gasteiger charge is -2.51. The van der Waals surface area contributed by atoms with Gasteiger partial charge in [0.05, 0.1) is 12.6 Å². The van der Waals surface area contributed by atoms with Crippen LogP contribution in [0.25, 0.3) is 0 Å². The van der Waals surface area contributed by atoms with Crippen molar-refractivity contribution >= 4 is 11.9 Å². The van der Waals surface area contributed by atoms with Crippen LogP contribution in [0.3, 0.4) is 0 Å². The summed E-state index contributed by atoms with van der Waals surface area (Å²) in [6, 6.07) is 18.7. The third-order valence-corrected chi connectivity index (χ3v) is 8.40. The molecule has 2 aromatic rings. The fraction of sp³-hybridized carbons (Fsp3) is 0.533. The molecule has 7 heteroatoms. The quantitative estimate of drug-likeness (QED) is 0.511. The van der Waals surface area contributed by atoms with Crippen molar-refractivity contribution < 1.29 is 14.3 Å². The number of hydrogen-bond acceptors (Lipinski definition) is 4. The van der Waals surface area contributed by atoms with Crippen LogP contribution in [0.1, 0.15) is 56.6 Å². The van der Waals surface area contributed by atoms with Gasteiger partial charge in [-0.3, -0.25) is 9.69 Å².